The molecule has 1 aromatic carbocycles. The Balaban J connectivity index is 3.18. The summed E-state index contributed by atoms with van der Waals surface area (Å²) in [5, 5.41) is 11.8. The van der Waals surface area contributed by atoms with Gasteiger partial charge in [-0.15, -0.1) is 0 Å². The van der Waals surface area contributed by atoms with Crippen LogP contribution in [-0.2, 0) is 16.5 Å². The van der Waals surface area contributed by atoms with Crippen LogP contribution in [0.3, 0.4) is 0 Å². The SMILES string of the molecule is C=CC(=O)NC(C)(CO)c1cccc(C(F)(F)F)c1. The number of hydrogen-bond acceptors (Lipinski definition) is 2. The third-order valence-corrected chi connectivity index (χ3v) is 2.73. The van der Waals surface area contributed by atoms with Crippen LogP contribution in [0.25, 0.3) is 0 Å². The molecule has 6 heteroatoms. The average Bonchev–Trinajstić information content (AvgIpc) is 2.37. The van der Waals surface area contributed by atoms with Crippen LogP contribution in [0.2, 0.25) is 0 Å². The molecule has 0 aliphatic rings. The first kappa shape index (κ1) is 15.2. The van der Waals surface area contributed by atoms with Crippen LogP contribution in [0.1, 0.15) is 18.1 Å². The minimum Gasteiger partial charge on any atom is -0.394 e. The lowest BCUT2D eigenvalue weighted by Crippen LogP contribution is -2.45. The fourth-order valence-corrected chi connectivity index (χ4v) is 1.56. The molecule has 0 heterocycles. The molecule has 104 valence electrons. The van der Waals surface area contributed by atoms with Crippen molar-refractivity contribution in [2.24, 2.45) is 0 Å². The molecular weight excluding hydrogens is 259 g/mol. The zero-order valence-corrected chi connectivity index (χ0v) is 10.3. The largest absolute Gasteiger partial charge is 0.416 e. The van der Waals surface area contributed by atoms with Crippen LogP contribution in [0, 0.1) is 0 Å². The first-order chi connectivity index (χ1) is 8.73. The summed E-state index contributed by atoms with van der Waals surface area (Å²) in [6, 6.07) is 4.47. The summed E-state index contributed by atoms with van der Waals surface area (Å²) in [5.41, 5.74) is -1.97. The van der Waals surface area contributed by atoms with Gasteiger partial charge in [-0.1, -0.05) is 18.7 Å². The van der Waals surface area contributed by atoms with Crippen molar-refractivity contribution in [3.8, 4) is 0 Å². The average molecular weight is 273 g/mol. The minimum atomic E-state index is -4.48. The Labute approximate surface area is 108 Å². The van der Waals surface area contributed by atoms with Crippen LogP contribution < -0.4 is 5.32 Å². The number of halogens is 3. The van der Waals surface area contributed by atoms with Crippen molar-refractivity contribution in [2.75, 3.05) is 6.61 Å². The highest BCUT2D eigenvalue weighted by atomic mass is 19.4. The standard InChI is InChI=1S/C13H14F3NO2/c1-3-11(19)17-12(2,8-18)9-5-4-6-10(7-9)13(14,15)16/h3-7,18H,1,8H2,2H3,(H,17,19). The fraction of sp³-hybridized carbons (Fsp3) is 0.308. The molecule has 1 amide bonds. The normalized spacial score (nSPS) is 14.6. The molecule has 1 unspecified atom stereocenters. The fourth-order valence-electron chi connectivity index (χ4n) is 1.56. The lowest BCUT2D eigenvalue weighted by Gasteiger charge is -2.29. The smallest absolute Gasteiger partial charge is 0.394 e. The van der Waals surface area contributed by atoms with E-state index in [0.29, 0.717) is 0 Å². The maximum atomic E-state index is 12.6. The molecule has 1 atom stereocenters. The van der Waals surface area contributed by atoms with Gasteiger partial charge in [0.1, 0.15) is 0 Å². The molecule has 0 aromatic heterocycles. The summed E-state index contributed by atoms with van der Waals surface area (Å²) in [4.78, 5) is 11.3. The van der Waals surface area contributed by atoms with Crippen molar-refractivity contribution in [2.45, 2.75) is 18.6 Å². The van der Waals surface area contributed by atoms with Crippen LogP contribution in [-0.4, -0.2) is 17.6 Å². The van der Waals surface area contributed by atoms with Crippen molar-refractivity contribution < 1.29 is 23.1 Å². The van der Waals surface area contributed by atoms with E-state index in [1.54, 1.807) is 0 Å². The Hall–Kier alpha value is -1.82. The maximum absolute atomic E-state index is 12.6. The van der Waals surface area contributed by atoms with Crippen molar-refractivity contribution >= 4 is 5.91 Å². The van der Waals surface area contributed by atoms with Crippen LogP contribution in [0.4, 0.5) is 13.2 Å². The van der Waals surface area contributed by atoms with E-state index in [0.717, 1.165) is 18.2 Å². The van der Waals surface area contributed by atoms with Gasteiger partial charge in [0.05, 0.1) is 17.7 Å². The molecule has 0 fully saturated rings. The number of aliphatic hydroxyl groups excluding tert-OH is 1. The van der Waals surface area contributed by atoms with Gasteiger partial charge in [-0.3, -0.25) is 4.79 Å². The zero-order valence-electron chi connectivity index (χ0n) is 10.3. The Bertz CT molecular complexity index is 485. The van der Waals surface area contributed by atoms with Crippen molar-refractivity contribution in [1.29, 1.82) is 0 Å². The maximum Gasteiger partial charge on any atom is 0.416 e. The third-order valence-electron chi connectivity index (χ3n) is 2.73. The van der Waals surface area contributed by atoms with Crippen molar-refractivity contribution in [1.82, 2.24) is 5.32 Å². The topological polar surface area (TPSA) is 49.3 Å². The van der Waals surface area contributed by atoms with Gasteiger partial charge in [0.15, 0.2) is 0 Å². The molecule has 3 nitrogen and oxygen atoms in total. The highest BCUT2D eigenvalue weighted by Gasteiger charge is 2.33. The van der Waals surface area contributed by atoms with E-state index in [9.17, 15) is 23.1 Å². The summed E-state index contributed by atoms with van der Waals surface area (Å²) in [7, 11) is 0. The number of hydrogen-bond donors (Lipinski definition) is 2. The first-order valence-electron chi connectivity index (χ1n) is 5.46. The van der Waals surface area contributed by atoms with Crippen molar-refractivity contribution in [3.05, 3.63) is 48.0 Å². The van der Waals surface area contributed by atoms with E-state index < -0.39 is 29.8 Å². The Morgan fingerprint density at radius 1 is 1.42 bits per heavy atom. The van der Waals surface area contributed by atoms with Gasteiger partial charge in [0.25, 0.3) is 0 Å². The highest BCUT2D eigenvalue weighted by Crippen LogP contribution is 2.32. The number of rotatable bonds is 4. The van der Waals surface area contributed by atoms with Crippen LogP contribution >= 0.6 is 0 Å². The van der Waals surface area contributed by atoms with Gasteiger partial charge >= 0.3 is 6.18 Å². The number of carbonyl (C=O) groups excluding carboxylic acids is 1. The number of nitrogens with one attached hydrogen (secondary N) is 1. The molecule has 0 aliphatic heterocycles. The molecule has 0 radical (unpaired) electrons. The van der Waals surface area contributed by atoms with Crippen molar-refractivity contribution in [3.63, 3.8) is 0 Å². The Morgan fingerprint density at radius 2 is 2.00 bits per heavy atom. The summed E-state index contributed by atoms with van der Waals surface area (Å²) >= 11 is 0. The molecule has 0 spiro atoms. The lowest BCUT2D eigenvalue weighted by atomic mass is 9.91. The second kappa shape index (κ2) is 5.44. The quantitative estimate of drug-likeness (QED) is 0.826. The van der Waals surface area contributed by atoms with Gasteiger partial charge in [0, 0.05) is 0 Å². The summed E-state index contributed by atoms with van der Waals surface area (Å²) < 4.78 is 37.9. The second-order valence-corrected chi connectivity index (χ2v) is 4.26. The Morgan fingerprint density at radius 3 is 2.47 bits per heavy atom. The van der Waals surface area contributed by atoms with E-state index in [1.165, 1.54) is 19.1 Å². The van der Waals surface area contributed by atoms with Gasteiger partial charge in [-0.2, -0.15) is 13.2 Å². The Kier molecular flexibility index (Phi) is 4.36. The van der Waals surface area contributed by atoms with E-state index >= 15 is 0 Å². The van der Waals surface area contributed by atoms with E-state index in [-0.39, 0.29) is 5.56 Å². The van der Waals surface area contributed by atoms with E-state index in [2.05, 4.69) is 11.9 Å². The molecule has 0 aliphatic carbocycles. The molecule has 1 aromatic rings. The molecule has 2 N–H and O–H groups in total. The molecule has 19 heavy (non-hydrogen) atoms. The molecule has 1 rings (SSSR count). The molecule has 0 bridgehead atoms. The highest BCUT2D eigenvalue weighted by molar-refractivity contribution is 5.87. The third kappa shape index (κ3) is 3.57. The number of amides is 1. The van der Waals surface area contributed by atoms with Gasteiger partial charge in [-0.05, 0) is 30.7 Å². The summed E-state index contributed by atoms with van der Waals surface area (Å²) in [6.45, 7) is 4.16. The number of carbonyl (C=O) groups is 1. The van der Waals surface area contributed by atoms with Crippen LogP contribution in [0.5, 0.6) is 0 Å². The predicted octanol–water partition coefficient (Wildman–Crippen LogP) is 2.22. The molecular formula is C13H14F3NO2. The summed E-state index contributed by atoms with van der Waals surface area (Å²) in [6.07, 6.45) is -3.49. The van der Waals surface area contributed by atoms with E-state index in [1.807, 2.05) is 0 Å². The zero-order chi connectivity index (χ0) is 14.7. The van der Waals surface area contributed by atoms with E-state index in [4.69, 9.17) is 0 Å². The predicted molar refractivity (Wildman–Crippen MR) is 64.2 cm³/mol. The summed E-state index contributed by atoms with van der Waals surface area (Å²) in [5.74, 6) is -0.575. The van der Waals surface area contributed by atoms with Gasteiger partial charge in [0.2, 0.25) is 5.91 Å². The van der Waals surface area contributed by atoms with Gasteiger partial charge in [-0.25, -0.2) is 0 Å². The number of alkyl halides is 3. The van der Waals surface area contributed by atoms with Gasteiger partial charge < -0.3 is 10.4 Å². The van der Waals surface area contributed by atoms with Crippen LogP contribution in [0.15, 0.2) is 36.9 Å². The minimum absolute atomic E-state index is 0.167. The second-order valence-electron chi connectivity index (χ2n) is 4.26. The molecule has 0 saturated carbocycles. The number of aliphatic hydroxyl groups is 1. The molecule has 0 saturated heterocycles. The monoisotopic (exact) mass is 273 g/mol. The number of benzene rings is 1. The lowest BCUT2D eigenvalue weighted by molar-refractivity contribution is -0.137. The first-order valence-corrected chi connectivity index (χ1v) is 5.46.